The van der Waals surface area contributed by atoms with Crippen molar-refractivity contribution in [2.24, 2.45) is 22.2 Å². The van der Waals surface area contributed by atoms with Gasteiger partial charge in [0.05, 0.1) is 0 Å². The molecular weight excluding hydrogens is 445 g/mol. The van der Waals surface area contributed by atoms with Crippen LogP contribution in [-0.4, -0.2) is 61.8 Å². The van der Waals surface area contributed by atoms with Gasteiger partial charge in [-0.2, -0.15) is 0 Å². The van der Waals surface area contributed by atoms with E-state index in [0.29, 0.717) is 26.1 Å². The third-order valence-corrected chi connectivity index (χ3v) is 3.54. The molecule has 0 fully saturated rings. The van der Waals surface area contributed by atoms with Crippen LogP contribution in [0.4, 0.5) is 0 Å². The molecule has 0 aliphatic carbocycles. The van der Waals surface area contributed by atoms with E-state index in [1.54, 1.807) is 0 Å². The normalized spacial score (nSPS) is 10.4. The molecule has 2 amide bonds. The fraction of sp³-hybridized carbons (Fsp3) is 0.812. The molecule has 0 aliphatic rings. The molecule has 0 radical (unpaired) electrons. The second-order valence-electron chi connectivity index (χ2n) is 5.98. The average Bonchev–Trinajstić information content (AvgIpc) is 2.59. The first-order valence-corrected chi connectivity index (χ1v) is 9.18. The average molecular weight is 483 g/mol. The van der Waals surface area contributed by atoms with Crippen molar-refractivity contribution in [1.82, 2.24) is 16.0 Å². The van der Waals surface area contributed by atoms with Crippen LogP contribution in [0.3, 0.4) is 0 Å². The molecule has 13 heteroatoms. The summed E-state index contributed by atoms with van der Waals surface area (Å²) >= 11 is 0. The van der Waals surface area contributed by atoms with Crippen LogP contribution in [0.5, 0.6) is 0 Å². The van der Waals surface area contributed by atoms with E-state index in [2.05, 4.69) is 20.9 Å². The number of nitrogens with zero attached hydrogens (tertiary/aromatic N) is 1. The number of nitrogens with one attached hydrogen (secondary N) is 3. The third kappa shape index (κ3) is 24.9. The van der Waals surface area contributed by atoms with Crippen LogP contribution < -0.4 is 33.2 Å². The Morgan fingerprint density at radius 2 is 1.52 bits per heavy atom. The Balaban J connectivity index is -0.00000104. The molecule has 0 aromatic rings. The topological polar surface area (TPSA) is 181 Å². The lowest BCUT2D eigenvalue weighted by Crippen LogP contribution is -2.46. The minimum Gasteiger partial charge on any atom is -0.370 e. The van der Waals surface area contributed by atoms with Gasteiger partial charge in [0.15, 0.2) is 5.96 Å². The van der Waals surface area contributed by atoms with E-state index in [-0.39, 0.29) is 55.5 Å². The molecule has 0 aromatic heterocycles. The summed E-state index contributed by atoms with van der Waals surface area (Å²) in [6, 6.07) is 0. The first kappa shape index (κ1) is 35.4. The van der Waals surface area contributed by atoms with Crippen LogP contribution >= 0.6 is 37.2 Å². The minimum atomic E-state index is -1.52. The molecule has 29 heavy (non-hydrogen) atoms. The molecule has 0 saturated heterocycles. The molecule has 0 bridgehead atoms. The molecule has 1 atom stereocenters. The predicted octanol–water partition coefficient (Wildman–Crippen LogP) is -0.645. The molecule has 0 heterocycles. The highest BCUT2D eigenvalue weighted by Gasteiger charge is 2.16. The van der Waals surface area contributed by atoms with Crippen LogP contribution in [-0.2, 0) is 9.59 Å². The fourth-order valence-electron chi connectivity index (χ4n) is 2.11. The number of aliphatic imine (C=N–C) groups is 1. The van der Waals surface area contributed by atoms with E-state index in [1.807, 2.05) is 0 Å². The molecule has 1 unspecified atom stereocenters. The molecule has 10 nitrogen and oxygen atoms in total. The van der Waals surface area contributed by atoms with Crippen LogP contribution in [0.2, 0.25) is 0 Å². The van der Waals surface area contributed by atoms with Crippen molar-refractivity contribution >= 4 is 55.0 Å². The van der Waals surface area contributed by atoms with Crippen molar-refractivity contribution in [3.8, 4) is 0 Å². The van der Waals surface area contributed by atoms with Crippen molar-refractivity contribution in [1.29, 1.82) is 0 Å². The van der Waals surface area contributed by atoms with Gasteiger partial charge >= 0.3 is 0 Å². The number of guanidine groups is 1. The van der Waals surface area contributed by atoms with E-state index in [0.717, 1.165) is 45.2 Å². The summed E-state index contributed by atoms with van der Waals surface area (Å²) < 4.78 is 0. The summed E-state index contributed by atoms with van der Waals surface area (Å²) in [6.45, 7) is 3.40. The Bertz CT molecular complexity index is 429. The standard InChI is InChI=1S/C16H35N7O3.3ClH/c17-8-6-10-20-9-4-5-11-21-14(25)15(26)23-13(24)7-2-1-3-12-22-16(18)19;;;/h15,20,26H,1-12,17H2,(H,21,25)(H,23,24)(H4,18,19,22);3*1H. The number of rotatable bonds is 16. The number of halogens is 3. The second-order valence-corrected chi connectivity index (χ2v) is 5.98. The minimum absolute atomic E-state index is 0. The van der Waals surface area contributed by atoms with Crippen LogP contribution in [0.25, 0.3) is 0 Å². The van der Waals surface area contributed by atoms with E-state index in [4.69, 9.17) is 17.2 Å². The Hall–Kier alpha value is -1.04. The molecule has 176 valence electrons. The van der Waals surface area contributed by atoms with Gasteiger partial charge in [-0.15, -0.1) is 37.2 Å². The van der Waals surface area contributed by atoms with Gasteiger partial charge in [0.25, 0.3) is 5.91 Å². The Kier molecular flexibility index (Phi) is 30.5. The maximum atomic E-state index is 11.7. The van der Waals surface area contributed by atoms with E-state index >= 15 is 0 Å². The highest BCUT2D eigenvalue weighted by atomic mass is 35.5. The van der Waals surface area contributed by atoms with E-state index in [1.165, 1.54) is 0 Å². The summed E-state index contributed by atoms with van der Waals surface area (Å²) in [4.78, 5) is 27.2. The number of hydrogen-bond acceptors (Lipinski definition) is 6. The Morgan fingerprint density at radius 3 is 2.14 bits per heavy atom. The first-order valence-electron chi connectivity index (χ1n) is 9.18. The first-order chi connectivity index (χ1) is 12.5. The maximum Gasteiger partial charge on any atom is 0.269 e. The zero-order valence-electron chi connectivity index (χ0n) is 16.7. The van der Waals surface area contributed by atoms with E-state index in [9.17, 15) is 14.7 Å². The number of carbonyl (C=O) groups is 2. The summed E-state index contributed by atoms with van der Waals surface area (Å²) in [5.74, 6) is -0.902. The number of hydrogen-bond donors (Lipinski definition) is 7. The van der Waals surface area contributed by atoms with Gasteiger partial charge in [-0.1, -0.05) is 6.42 Å². The van der Waals surface area contributed by atoms with Gasteiger partial charge in [-0.25, -0.2) is 0 Å². The lowest BCUT2D eigenvalue weighted by Gasteiger charge is -2.13. The van der Waals surface area contributed by atoms with E-state index < -0.39 is 12.1 Å². The molecule has 0 aliphatic heterocycles. The van der Waals surface area contributed by atoms with Crippen LogP contribution in [0.15, 0.2) is 4.99 Å². The number of unbranched alkanes of at least 4 members (excludes halogenated alkanes) is 3. The quantitative estimate of drug-likeness (QED) is 0.0660. The Labute approximate surface area is 191 Å². The largest absolute Gasteiger partial charge is 0.370 e. The number of aliphatic hydroxyl groups excluding tert-OH is 1. The molecule has 0 rings (SSSR count). The molecule has 10 N–H and O–H groups in total. The maximum absolute atomic E-state index is 11.7. The van der Waals surface area contributed by atoms with Gasteiger partial charge in [0.2, 0.25) is 12.1 Å². The predicted molar refractivity (Wildman–Crippen MR) is 124 cm³/mol. The van der Waals surface area contributed by atoms with Crippen LogP contribution in [0.1, 0.15) is 44.9 Å². The van der Waals surface area contributed by atoms with Gasteiger partial charge in [-0.3, -0.25) is 14.6 Å². The lowest BCUT2D eigenvalue weighted by atomic mass is 10.2. The zero-order valence-corrected chi connectivity index (χ0v) is 19.2. The number of aliphatic hydroxyl groups is 1. The summed E-state index contributed by atoms with van der Waals surface area (Å²) in [5, 5.41) is 17.8. The SMILES string of the molecule is Cl.Cl.Cl.NCCCNCCCCNC(=O)C(O)NC(=O)CCCCCN=C(N)N. The number of carbonyl (C=O) groups excluding carboxylic acids is 2. The van der Waals surface area contributed by atoms with Gasteiger partial charge in [-0.05, 0) is 51.7 Å². The van der Waals surface area contributed by atoms with Crippen molar-refractivity contribution in [3.05, 3.63) is 0 Å². The highest BCUT2D eigenvalue weighted by molar-refractivity contribution is 5.86. The molecule has 0 aromatic carbocycles. The summed E-state index contributed by atoms with van der Waals surface area (Å²) in [6.07, 6.45) is 3.55. The molecule has 0 saturated carbocycles. The van der Waals surface area contributed by atoms with Gasteiger partial charge < -0.3 is 38.3 Å². The van der Waals surface area contributed by atoms with Gasteiger partial charge in [0, 0.05) is 19.5 Å². The summed E-state index contributed by atoms with van der Waals surface area (Å²) in [7, 11) is 0. The fourth-order valence-corrected chi connectivity index (χ4v) is 2.11. The number of nitrogens with two attached hydrogens (primary N) is 3. The molecular formula is C16H38Cl3N7O3. The third-order valence-electron chi connectivity index (χ3n) is 3.54. The second kappa shape index (κ2) is 25.0. The van der Waals surface area contributed by atoms with Crippen LogP contribution in [0, 0.1) is 0 Å². The lowest BCUT2D eigenvalue weighted by molar-refractivity contribution is -0.136. The van der Waals surface area contributed by atoms with Gasteiger partial charge in [0.1, 0.15) is 0 Å². The molecule has 0 spiro atoms. The smallest absolute Gasteiger partial charge is 0.269 e. The van der Waals surface area contributed by atoms with Crippen molar-refractivity contribution in [2.45, 2.75) is 51.2 Å². The highest BCUT2D eigenvalue weighted by Crippen LogP contribution is 2.00. The van der Waals surface area contributed by atoms with Crippen molar-refractivity contribution in [2.75, 3.05) is 32.7 Å². The van der Waals surface area contributed by atoms with Crippen molar-refractivity contribution < 1.29 is 14.7 Å². The zero-order chi connectivity index (χ0) is 19.6. The van der Waals surface area contributed by atoms with Crippen molar-refractivity contribution in [3.63, 3.8) is 0 Å². The number of amides is 2. The Morgan fingerprint density at radius 1 is 0.897 bits per heavy atom. The monoisotopic (exact) mass is 481 g/mol. The summed E-state index contributed by atoms with van der Waals surface area (Å²) in [5.41, 5.74) is 15.8.